The topological polar surface area (TPSA) is 60.4 Å². The van der Waals surface area contributed by atoms with Crippen LogP contribution < -0.4 is 19.2 Å². The van der Waals surface area contributed by atoms with Crippen molar-refractivity contribution in [3.8, 4) is 17.2 Å². The zero-order chi connectivity index (χ0) is 23.9. The number of amides is 1. The van der Waals surface area contributed by atoms with Crippen LogP contribution in [0.15, 0.2) is 87.9 Å². The maximum atomic E-state index is 13.0. The highest BCUT2D eigenvalue weighted by molar-refractivity contribution is 9.10. The van der Waals surface area contributed by atoms with Crippen molar-refractivity contribution in [2.24, 2.45) is 5.10 Å². The molecule has 0 spiro atoms. The van der Waals surface area contributed by atoms with Gasteiger partial charge in [0.15, 0.2) is 11.5 Å². The molecule has 0 aliphatic carbocycles. The van der Waals surface area contributed by atoms with Gasteiger partial charge in [-0.15, -0.1) is 0 Å². The Kier molecular flexibility index (Phi) is 7.65. The first kappa shape index (κ1) is 23.6. The highest BCUT2D eigenvalue weighted by atomic mass is 79.9. The van der Waals surface area contributed by atoms with E-state index in [9.17, 15) is 4.79 Å². The second-order valence-corrected chi connectivity index (χ2v) is 8.45. The predicted octanol–water partition coefficient (Wildman–Crippen LogP) is 6.11. The predicted molar refractivity (Wildman–Crippen MR) is 138 cm³/mol. The van der Waals surface area contributed by atoms with Crippen LogP contribution in [0.5, 0.6) is 17.2 Å². The minimum absolute atomic E-state index is 0.169. The molecule has 1 aliphatic heterocycles. The monoisotopic (exact) mass is 520 g/mol. The van der Waals surface area contributed by atoms with E-state index in [2.05, 4.69) is 21.0 Å². The summed E-state index contributed by atoms with van der Waals surface area (Å²) in [5, 5.41) is 5.85. The summed E-state index contributed by atoms with van der Waals surface area (Å²) in [7, 11) is 1.59. The van der Waals surface area contributed by atoms with Gasteiger partial charge >= 0.3 is 0 Å². The molecule has 0 aromatic heterocycles. The molecular weight excluding hydrogens is 496 g/mol. The first-order chi connectivity index (χ1) is 16.6. The molecule has 34 heavy (non-hydrogen) atoms. The molecule has 1 heterocycles. The second kappa shape index (κ2) is 11.0. The van der Waals surface area contributed by atoms with Gasteiger partial charge in [-0.3, -0.25) is 4.79 Å². The number of rotatable bonds is 9. The van der Waals surface area contributed by atoms with E-state index in [4.69, 9.17) is 14.2 Å². The lowest BCUT2D eigenvalue weighted by Gasteiger charge is -2.14. The molecule has 3 aromatic carbocycles. The lowest BCUT2D eigenvalue weighted by Crippen LogP contribution is -2.21. The average molecular weight is 521 g/mol. The van der Waals surface area contributed by atoms with Gasteiger partial charge in [-0.05, 0) is 70.9 Å². The van der Waals surface area contributed by atoms with Crippen molar-refractivity contribution in [3.05, 3.63) is 88.4 Å². The molecule has 0 radical (unpaired) electrons. The van der Waals surface area contributed by atoms with Gasteiger partial charge in [0.2, 0.25) is 0 Å². The number of hydrazone groups is 1. The van der Waals surface area contributed by atoms with E-state index < -0.39 is 0 Å². The number of ether oxygens (including phenoxy) is 3. The zero-order valence-corrected chi connectivity index (χ0v) is 20.6. The Bertz CT molecular complexity index is 1210. The summed E-state index contributed by atoms with van der Waals surface area (Å²) in [6, 6.07) is 22.8. The Hall–Kier alpha value is -3.58. The highest BCUT2D eigenvalue weighted by Gasteiger charge is 2.28. The van der Waals surface area contributed by atoms with Crippen molar-refractivity contribution in [1.82, 2.24) is 0 Å². The van der Waals surface area contributed by atoms with Crippen LogP contribution in [0.4, 0.5) is 5.69 Å². The molecule has 1 aliphatic rings. The largest absolute Gasteiger partial charge is 0.493 e. The Morgan fingerprint density at radius 3 is 2.35 bits per heavy atom. The molecule has 6 nitrogen and oxygen atoms in total. The number of benzene rings is 3. The number of methoxy groups -OCH3 is 1. The van der Waals surface area contributed by atoms with Crippen LogP contribution in [0.1, 0.15) is 18.9 Å². The van der Waals surface area contributed by atoms with Crippen LogP contribution in [0.2, 0.25) is 0 Å². The lowest BCUT2D eigenvalue weighted by molar-refractivity contribution is -0.114. The van der Waals surface area contributed by atoms with Crippen LogP contribution in [0.25, 0.3) is 6.08 Å². The normalized spacial score (nSPS) is 14.3. The number of hydrogen-bond donors (Lipinski definition) is 0. The Morgan fingerprint density at radius 2 is 1.65 bits per heavy atom. The van der Waals surface area contributed by atoms with E-state index in [1.165, 1.54) is 5.01 Å². The van der Waals surface area contributed by atoms with Crippen molar-refractivity contribution in [2.75, 3.05) is 25.3 Å². The third-order valence-electron chi connectivity index (χ3n) is 5.17. The van der Waals surface area contributed by atoms with Crippen molar-refractivity contribution in [2.45, 2.75) is 13.3 Å². The lowest BCUT2D eigenvalue weighted by atomic mass is 10.1. The molecule has 4 rings (SSSR count). The molecule has 0 fully saturated rings. The van der Waals surface area contributed by atoms with Gasteiger partial charge in [-0.25, -0.2) is 0 Å². The van der Waals surface area contributed by atoms with Gasteiger partial charge in [-0.2, -0.15) is 10.1 Å². The van der Waals surface area contributed by atoms with E-state index >= 15 is 0 Å². The fourth-order valence-electron chi connectivity index (χ4n) is 3.50. The number of carbonyl (C=O) groups is 1. The summed E-state index contributed by atoms with van der Waals surface area (Å²) in [6.07, 6.45) is 2.53. The second-order valence-electron chi connectivity index (χ2n) is 7.59. The molecule has 0 N–H and O–H groups in total. The van der Waals surface area contributed by atoms with Gasteiger partial charge in [0.1, 0.15) is 5.75 Å². The third-order valence-corrected chi connectivity index (χ3v) is 5.76. The Balaban J connectivity index is 1.44. The standard InChI is InChI=1S/C27H25BrN2O4/c1-19-23(27(31)30(29-19)21-10-5-3-6-11-21)16-20-17-24(28)26(25(18-20)32-2)34-15-9-14-33-22-12-7-4-8-13-22/h3-8,10-13,16-18H,9,14-15H2,1-2H3. The molecule has 0 bridgehead atoms. The van der Waals surface area contributed by atoms with E-state index in [0.717, 1.165) is 27.9 Å². The van der Waals surface area contributed by atoms with E-state index in [1.54, 1.807) is 7.11 Å². The summed E-state index contributed by atoms with van der Waals surface area (Å²) in [4.78, 5) is 13.0. The number of nitrogens with zero attached hydrogens (tertiary/aromatic N) is 2. The number of para-hydroxylation sites is 2. The summed E-state index contributed by atoms with van der Waals surface area (Å²) in [6.45, 7) is 2.85. The first-order valence-corrected chi connectivity index (χ1v) is 11.7. The number of anilines is 1. The Morgan fingerprint density at radius 1 is 0.971 bits per heavy atom. The molecule has 1 amide bonds. The minimum atomic E-state index is -0.169. The fraction of sp³-hybridized carbons (Fsp3) is 0.185. The smallest absolute Gasteiger partial charge is 0.280 e. The molecule has 0 unspecified atom stereocenters. The number of halogens is 1. The molecule has 0 saturated heterocycles. The van der Waals surface area contributed by atoms with E-state index in [-0.39, 0.29) is 5.91 Å². The molecule has 174 valence electrons. The fourth-order valence-corrected chi connectivity index (χ4v) is 4.07. The van der Waals surface area contributed by atoms with Crippen molar-refractivity contribution < 1.29 is 19.0 Å². The van der Waals surface area contributed by atoms with Crippen LogP contribution >= 0.6 is 15.9 Å². The van der Waals surface area contributed by atoms with Crippen molar-refractivity contribution >= 4 is 39.3 Å². The van der Waals surface area contributed by atoms with Crippen molar-refractivity contribution in [3.63, 3.8) is 0 Å². The molecular formula is C27H25BrN2O4. The molecule has 7 heteroatoms. The zero-order valence-electron chi connectivity index (χ0n) is 19.0. The molecule has 0 saturated carbocycles. The van der Waals surface area contributed by atoms with Crippen LogP contribution in [0, 0.1) is 0 Å². The summed E-state index contributed by atoms with van der Waals surface area (Å²) in [5.41, 5.74) is 2.72. The summed E-state index contributed by atoms with van der Waals surface area (Å²) < 4.78 is 18.0. The average Bonchev–Trinajstić information content (AvgIpc) is 3.14. The van der Waals surface area contributed by atoms with E-state index in [1.807, 2.05) is 85.8 Å². The van der Waals surface area contributed by atoms with Crippen molar-refractivity contribution in [1.29, 1.82) is 0 Å². The quantitative estimate of drug-likeness (QED) is 0.252. The minimum Gasteiger partial charge on any atom is -0.493 e. The highest BCUT2D eigenvalue weighted by Crippen LogP contribution is 2.38. The summed E-state index contributed by atoms with van der Waals surface area (Å²) >= 11 is 3.58. The maximum absolute atomic E-state index is 13.0. The van der Waals surface area contributed by atoms with Gasteiger partial charge in [0.05, 0.1) is 41.8 Å². The third kappa shape index (κ3) is 5.48. The van der Waals surface area contributed by atoms with Crippen LogP contribution in [-0.4, -0.2) is 31.9 Å². The van der Waals surface area contributed by atoms with Gasteiger partial charge < -0.3 is 14.2 Å². The summed E-state index contributed by atoms with van der Waals surface area (Å²) in [5.74, 6) is 1.85. The Labute approximate surface area is 207 Å². The maximum Gasteiger partial charge on any atom is 0.280 e. The van der Waals surface area contributed by atoms with Gasteiger partial charge in [-0.1, -0.05) is 36.4 Å². The van der Waals surface area contributed by atoms with Gasteiger partial charge in [0.25, 0.3) is 5.91 Å². The van der Waals surface area contributed by atoms with E-state index in [0.29, 0.717) is 36.0 Å². The number of carbonyl (C=O) groups excluding carboxylic acids is 1. The first-order valence-electron chi connectivity index (χ1n) is 10.9. The molecule has 0 atom stereocenters. The SMILES string of the molecule is COc1cc(C=C2C(=O)N(c3ccccc3)N=C2C)cc(Br)c1OCCCOc1ccccc1. The number of hydrogen-bond acceptors (Lipinski definition) is 5. The molecule has 3 aromatic rings. The van der Waals surface area contributed by atoms with Crippen LogP contribution in [0.3, 0.4) is 0 Å². The van der Waals surface area contributed by atoms with Gasteiger partial charge in [0, 0.05) is 6.42 Å². The van der Waals surface area contributed by atoms with Crippen LogP contribution in [-0.2, 0) is 4.79 Å².